The molecule has 3 aromatic carbocycles. The Bertz CT molecular complexity index is 1260. The van der Waals surface area contributed by atoms with Gasteiger partial charge in [-0.1, -0.05) is 66.9 Å². The van der Waals surface area contributed by atoms with E-state index in [0.717, 1.165) is 41.9 Å². The van der Waals surface area contributed by atoms with Crippen LogP contribution < -0.4 is 4.90 Å². The Morgan fingerprint density at radius 1 is 1.00 bits per heavy atom. The van der Waals surface area contributed by atoms with Gasteiger partial charge in [-0.15, -0.1) is 0 Å². The molecule has 0 bridgehead atoms. The zero-order valence-corrected chi connectivity index (χ0v) is 21.5. The quantitative estimate of drug-likeness (QED) is 0.389. The van der Waals surface area contributed by atoms with Gasteiger partial charge in [-0.05, 0) is 62.3 Å². The third-order valence-electron chi connectivity index (χ3n) is 6.50. The molecule has 0 spiro atoms. The second-order valence-electron chi connectivity index (χ2n) is 8.94. The maximum Gasteiger partial charge on any atom is 0.248 e. The van der Waals surface area contributed by atoms with Crippen LogP contribution in [0.15, 0.2) is 59.6 Å². The van der Waals surface area contributed by atoms with Gasteiger partial charge in [0.1, 0.15) is 12.4 Å². The Kier molecular flexibility index (Phi) is 7.68. The highest BCUT2D eigenvalue weighted by Gasteiger charge is 2.28. The van der Waals surface area contributed by atoms with Crippen molar-refractivity contribution in [3.63, 3.8) is 0 Å². The molecule has 1 heterocycles. The van der Waals surface area contributed by atoms with E-state index in [1.807, 2.05) is 38.1 Å². The van der Waals surface area contributed by atoms with Crippen molar-refractivity contribution in [2.45, 2.75) is 27.7 Å². The Morgan fingerprint density at radius 3 is 2.40 bits per heavy atom. The number of nitrogens with zero attached hydrogens (tertiary/aromatic N) is 3. The number of halogens is 2. The number of anilines is 1. The second kappa shape index (κ2) is 10.7. The summed E-state index contributed by atoms with van der Waals surface area (Å²) in [6, 6.07) is 16.6. The molecular formula is C29H31ClFN3O. The first-order chi connectivity index (χ1) is 16.8. The molecule has 0 radical (unpaired) electrons. The molecule has 35 heavy (non-hydrogen) atoms. The van der Waals surface area contributed by atoms with Crippen LogP contribution in [0.25, 0.3) is 11.1 Å². The lowest BCUT2D eigenvalue weighted by molar-refractivity contribution is -0.117. The predicted octanol–water partition coefficient (Wildman–Crippen LogP) is 6.29. The van der Waals surface area contributed by atoms with Crippen molar-refractivity contribution in [2.75, 3.05) is 37.6 Å². The lowest BCUT2D eigenvalue weighted by Gasteiger charge is -2.27. The van der Waals surface area contributed by atoms with Crippen molar-refractivity contribution in [1.29, 1.82) is 0 Å². The van der Waals surface area contributed by atoms with Crippen molar-refractivity contribution in [2.24, 2.45) is 4.99 Å². The summed E-state index contributed by atoms with van der Waals surface area (Å²) in [7, 11) is 0. The molecule has 0 atom stereocenters. The van der Waals surface area contributed by atoms with Crippen LogP contribution in [0.5, 0.6) is 0 Å². The number of fused-ring (bicyclic) bond motifs is 1. The minimum absolute atomic E-state index is 0.0551. The van der Waals surface area contributed by atoms with E-state index >= 15 is 4.39 Å². The molecule has 0 saturated carbocycles. The van der Waals surface area contributed by atoms with Crippen LogP contribution in [0, 0.1) is 19.7 Å². The van der Waals surface area contributed by atoms with Crippen molar-refractivity contribution in [3.8, 4) is 11.1 Å². The highest BCUT2D eigenvalue weighted by atomic mass is 35.5. The second-order valence-corrected chi connectivity index (χ2v) is 9.37. The normalized spacial score (nSPS) is 13.6. The topological polar surface area (TPSA) is 35.9 Å². The SMILES string of the molecule is CCN(CC)CCN1C(=O)CN=C(c2c(F)cccc2-c2cc(C)cc(C)c2)c2cc(Cl)ccc21. The van der Waals surface area contributed by atoms with E-state index < -0.39 is 0 Å². The summed E-state index contributed by atoms with van der Waals surface area (Å²) in [4.78, 5) is 21.9. The number of hydrogen-bond acceptors (Lipinski definition) is 3. The van der Waals surface area contributed by atoms with E-state index in [2.05, 4.69) is 29.8 Å². The van der Waals surface area contributed by atoms with Crippen LogP contribution in [0.1, 0.15) is 36.1 Å². The molecule has 1 amide bonds. The third-order valence-corrected chi connectivity index (χ3v) is 6.73. The first-order valence-electron chi connectivity index (χ1n) is 12.1. The minimum atomic E-state index is -0.379. The number of benzodiazepines with no additional fused rings is 1. The number of carbonyl (C=O) groups excluding carboxylic acids is 1. The Labute approximate surface area is 212 Å². The number of amides is 1. The van der Waals surface area contributed by atoms with Crippen molar-refractivity contribution >= 4 is 28.9 Å². The van der Waals surface area contributed by atoms with Crippen LogP contribution in [-0.4, -0.2) is 49.2 Å². The van der Waals surface area contributed by atoms with Crippen molar-refractivity contribution in [1.82, 2.24) is 4.90 Å². The summed E-state index contributed by atoms with van der Waals surface area (Å²) in [6.07, 6.45) is 0. The van der Waals surface area contributed by atoms with E-state index in [-0.39, 0.29) is 18.3 Å². The average Bonchev–Trinajstić information content (AvgIpc) is 2.95. The molecule has 0 aromatic heterocycles. The molecule has 4 nitrogen and oxygen atoms in total. The molecule has 1 aliphatic heterocycles. The van der Waals surface area contributed by atoms with E-state index in [0.29, 0.717) is 34.1 Å². The van der Waals surface area contributed by atoms with E-state index in [1.165, 1.54) is 6.07 Å². The summed E-state index contributed by atoms with van der Waals surface area (Å²) in [6.45, 7) is 11.3. The molecule has 6 heteroatoms. The number of hydrogen-bond donors (Lipinski definition) is 0. The summed E-state index contributed by atoms with van der Waals surface area (Å²) in [5, 5.41) is 0.513. The third kappa shape index (κ3) is 5.31. The van der Waals surface area contributed by atoms with Crippen LogP contribution >= 0.6 is 11.6 Å². The Morgan fingerprint density at radius 2 is 1.71 bits per heavy atom. The monoisotopic (exact) mass is 491 g/mol. The molecule has 1 aliphatic rings. The maximum absolute atomic E-state index is 15.6. The van der Waals surface area contributed by atoms with Gasteiger partial charge in [0.2, 0.25) is 5.91 Å². The van der Waals surface area contributed by atoms with Gasteiger partial charge < -0.3 is 9.80 Å². The average molecular weight is 492 g/mol. The molecule has 4 rings (SSSR count). The Hall–Kier alpha value is -3.02. The lowest BCUT2D eigenvalue weighted by atomic mass is 9.90. The van der Waals surface area contributed by atoms with E-state index in [9.17, 15) is 4.79 Å². The number of aliphatic imine (C=N–C) groups is 1. The highest BCUT2D eigenvalue weighted by molar-refractivity contribution is 6.32. The van der Waals surface area contributed by atoms with Gasteiger partial charge >= 0.3 is 0 Å². The minimum Gasteiger partial charge on any atom is -0.309 e. The molecule has 0 fully saturated rings. The fraction of sp³-hybridized carbons (Fsp3) is 0.310. The van der Waals surface area contributed by atoms with Gasteiger partial charge in [0.15, 0.2) is 0 Å². The molecule has 0 aliphatic carbocycles. The number of aryl methyl sites for hydroxylation is 2. The molecule has 0 saturated heterocycles. The first-order valence-corrected chi connectivity index (χ1v) is 12.4. The lowest BCUT2D eigenvalue weighted by Crippen LogP contribution is -2.39. The Balaban J connectivity index is 1.88. The molecule has 182 valence electrons. The molecule has 3 aromatic rings. The van der Waals surface area contributed by atoms with E-state index in [1.54, 1.807) is 23.1 Å². The van der Waals surface area contributed by atoms with Gasteiger partial charge in [0, 0.05) is 29.2 Å². The van der Waals surface area contributed by atoms with Crippen LogP contribution in [0.3, 0.4) is 0 Å². The van der Waals surface area contributed by atoms with Gasteiger partial charge in [0.05, 0.1) is 11.4 Å². The van der Waals surface area contributed by atoms with Crippen LogP contribution in [0.4, 0.5) is 10.1 Å². The standard InChI is InChI=1S/C29H31ClFN3O/c1-5-33(6-2)12-13-34-26-11-10-22(30)17-24(26)29(32-18-27(34)35)28-23(8-7-9-25(28)31)21-15-19(3)14-20(4)16-21/h7-11,14-17H,5-6,12-13,18H2,1-4H3. The number of likely N-dealkylation sites (N-methyl/N-ethyl adjacent to an activating group) is 1. The van der Waals surface area contributed by atoms with Crippen molar-refractivity contribution in [3.05, 3.63) is 87.7 Å². The summed E-state index contributed by atoms with van der Waals surface area (Å²) < 4.78 is 15.6. The highest BCUT2D eigenvalue weighted by Crippen LogP contribution is 2.35. The number of carbonyl (C=O) groups is 1. The van der Waals surface area contributed by atoms with Gasteiger partial charge in [-0.3, -0.25) is 9.79 Å². The largest absolute Gasteiger partial charge is 0.309 e. The fourth-order valence-electron chi connectivity index (χ4n) is 4.76. The van der Waals surface area contributed by atoms with Crippen LogP contribution in [0.2, 0.25) is 5.02 Å². The van der Waals surface area contributed by atoms with E-state index in [4.69, 9.17) is 11.6 Å². The zero-order valence-electron chi connectivity index (χ0n) is 20.7. The molecule has 0 N–H and O–H groups in total. The summed E-state index contributed by atoms with van der Waals surface area (Å²) in [5.74, 6) is -0.490. The summed E-state index contributed by atoms with van der Waals surface area (Å²) >= 11 is 6.42. The predicted molar refractivity (Wildman–Crippen MR) is 143 cm³/mol. The maximum atomic E-state index is 15.6. The van der Waals surface area contributed by atoms with Gasteiger partial charge in [-0.2, -0.15) is 0 Å². The molecule has 0 unspecified atom stereocenters. The zero-order chi connectivity index (χ0) is 25.1. The van der Waals surface area contributed by atoms with Gasteiger partial charge in [-0.25, -0.2) is 4.39 Å². The smallest absolute Gasteiger partial charge is 0.248 e. The van der Waals surface area contributed by atoms with Crippen molar-refractivity contribution < 1.29 is 9.18 Å². The molecular weight excluding hydrogens is 461 g/mol. The first kappa shape index (κ1) is 25.1. The van der Waals surface area contributed by atoms with Gasteiger partial charge in [0.25, 0.3) is 0 Å². The number of rotatable bonds is 7. The summed E-state index contributed by atoms with van der Waals surface area (Å²) in [5.41, 5.74) is 6.06. The number of benzene rings is 3. The van der Waals surface area contributed by atoms with Crippen LogP contribution in [-0.2, 0) is 4.79 Å². The fourth-order valence-corrected chi connectivity index (χ4v) is 4.93.